The fourth-order valence-corrected chi connectivity index (χ4v) is 2.54. The predicted molar refractivity (Wildman–Crippen MR) is 74.3 cm³/mol. The van der Waals surface area contributed by atoms with Gasteiger partial charge in [0.25, 0.3) is 0 Å². The lowest BCUT2D eigenvalue weighted by atomic mass is 10.1. The lowest BCUT2D eigenvalue weighted by Crippen LogP contribution is -2.30. The Hall–Kier alpha value is -1.35. The van der Waals surface area contributed by atoms with Gasteiger partial charge in [0.1, 0.15) is 17.6 Å². The summed E-state index contributed by atoms with van der Waals surface area (Å²) in [6, 6.07) is 7.60. The molecular formula is C16H22O3. The van der Waals surface area contributed by atoms with E-state index in [0.717, 1.165) is 37.0 Å². The molecule has 0 aromatic heterocycles. The van der Waals surface area contributed by atoms with Gasteiger partial charge in [0.2, 0.25) is 0 Å². The Morgan fingerprint density at radius 3 is 2.58 bits per heavy atom. The molecule has 1 fully saturated rings. The third-order valence-corrected chi connectivity index (χ3v) is 3.58. The zero-order valence-corrected chi connectivity index (χ0v) is 11.5. The number of ether oxygens (including phenoxy) is 1. The quantitative estimate of drug-likeness (QED) is 0.849. The second-order valence-electron chi connectivity index (χ2n) is 5.38. The Bertz CT molecular complexity index is 411. The number of ketones is 1. The zero-order chi connectivity index (χ0) is 13.7. The molecule has 1 aromatic carbocycles. The summed E-state index contributed by atoms with van der Waals surface area (Å²) in [7, 11) is 0. The van der Waals surface area contributed by atoms with Gasteiger partial charge in [0, 0.05) is 6.42 Å². The van der Waals surface area contributed by atoms with Crippen LogP contribution in [-0.4, -0.2) is 23.1 Å². The van der Waals surface area contributed by atoms with Gasteiger partial charge in [-0.1, -0.05) is 25.0 Å². The molecule has 0 amide bonds. The molecule has 0 spiro atoms. The topological polar surface area (TPSA) is 46.5 Å². The van der Waals surface area contributed by atoms with Gasteiger partial charge in [0.05, 0.1) is 6.10 Å². The van der Waals surface area contributed by atoms with Crippen LogP contribution in [-0.2, 0) is 11.2 Å². The van der Waals surface area contributed by atoms with E-state index in [1.807, 2.05) is 24.3 Å². The van der Waals surface area contributed by atoms with Gasteiger partial charge >= 0.3 is 0 Å². The number of rotatable bonds is 4. The molecule has 0 saturated heterocycles. The van der Waals surface area contributed by atoms with Crippen LogP contribution in [0.15, 0.2) is 24.3 Å². The van der Waals surface area contributed by atoms with Crippen LogP contribution in [0.3, 0.4) is 0 Å². The Balaban J connectivity index is 1.96. The molecule has 104 valence electrons. The highest BCUT2D eigenvalue weighted by atomic mass is 16.5. The van der Waals surface area contributed by atoms with E-state index < -0.39 is 0 Å². The second kappa shape index (κ2) is 6.71. The fourth-order valence-electron chi connectivity index (χ4n) is 2.54. The van der Waals surface area contributed by atoms with E-state index in [-0.39, 0.29) is 18.0 Å². The third kappa shape index (κ3) is 4.35. The van der Waals surface area contributed by atoms with Crippen LogP contribution in [0.1, 0.15) is 44.6 Å². The van der Waals surface area contributed by atoms with Crippen molar-refractivity contribution in [3.05, 3.63) is 29.8 Å². The zero-order valence-electron chi connectivity index (χ0n) is 11.5. The molecule has 3 nitrogen and oxygen atoms in total. The van der Waals surface area contributed by atoms with E-state index in [1.54, 1.807) is 6.92 Å². The summed E-state index contributed by atoms with van der Waals surface area (Å²) in [6.07, 6.45) is 5.12. The Labute approximate surface area is 114 Å². The van der Waals surface area contributed by atoms with Gasteiger partial charge in [-0.15, -0.1) is 0 Å². The SMILES string of the molecule is CC(=O)Cc1ccc(OC2CCCCCC2O)cc1. The van der Waals surface area contributed by atoms with Crippen LogP contribution in [0.4, 0.5) is 0 Å². The Morgan fingerprint density at radius 1 is 1.21 bits per heavy atom. The molecule has 2 unspecified atom stereocenters. The predicted octanol–water partition coefficient (Wildman–Crippen LogP) is 2.89. The van der Waals surface area contributed by atoms with Gasteiger partial charge < -0.3 is 9.84 Å². The largest absolute Gasteiger partial charge is 0.488 e. The minimum absolute atomic E-state index is 0.0962. The molecule has 1 aromatic rings. The van der Waals surface area contributed by atoms with Crippen LogP contribution in [0.2, 0.25) is 0 Å². The lowest BCUT2D eigenvalue weighted by Gasteiger charge is -2.22. The molecule has 0 aliphatic heterocycles. The van der Waals surface area contributed by atoms with Gasteiger partial charge in [-0.3, -0.25) is 4.79 Å². The smallest absolute Gasteiger partial charge is 0.134 e. The number of aliphatic hydroxyl groups excluding tert-OH is 1. The van der Waals surface area contributed by atoms with Crippen LogP contribution < -0.4 is 4.74 Å². The second-order valence-corrected chi connectivity index (χ2v) is 5.38. The van der Waals surface area contributed by atoms with Crippen molar-refractivity contribution in [2.24, 2.45) is 0 Å². The molecule has 1 aliphatic rings. The summed E-state index contributed by atoms with van der Waals surface area (Å²) in [5.41, 5.74) is 1.00. The summed E-state index contributed by atoms with van der Waals surface area (Å²) in [5.74, 6) is 0.936. The maximum Gasteiger partial charge on any atom is 0.134 e. The standard InChI is InChI=1S/C16H22O3/c1-12(17)11-13-7-9-14(10-8-13)19-16-6-4-2-3-5-15(16)18/h7-10,15-16,18H,2-6,11H2,1H3. The molecule has 0 radical (unpaired) electrons. The molecule has 2 atom stereocenters. The van der Waals surface area contributed by atoms with Crippen LogP contribution >= 0.6 is 0 Å². The number of benzene rings is 1. The molecule has 1 aliphatic carbocycles. The highest BCUT2D eigenvalue weighted by Crippen LogP contribution is 2.23. The summed E-state index contributed by atoms with van der Waals surface area (Å²) in [4.78, 5) is 11.0. The number of carbonyl (C=O) groups excluding carboxylic acids is 1. The molecule has 1 N–H and O–H groups in total. The molecular weight excluding hydrogens is 240 g/mol. The maximum atomic E-state index is 11.0. The number of carbonyl (C=O) groups is 1. The van der Waals surface area contributed by atoms with E-state index in [0.29, 0.717) is 6.42 Å². The van der Waals surface area contributed by atoms with Crippen molar-refractivity contribution in [1.82, 2.24) is 0 Å². The van der Waals surface area contributed by atoms with E-state index in [9.17, 15) is 9.90 Å². The first kappa shape index (κ1) is 14.1. The van der Waals surface area contributed by atoms with E-state index >= 15 is 0 Å². The van der Waals surface area contributed by atoms with Crippen LogP contribution in [0, 0.1) is 0 Å². The molecule has 19 heavy (non-hydrogen) atoms. The van der Waals surface area contributed by atoms with Crippen molar-refractivity contribution in [1.29, 1.82) is 0 Å². The first-order valence-electron chi connectivity index (χ1n) is 7.08. The highest BCUT2D eigenvalue weighted by Gasteiger charge is 2.23. The van der Waals surface area contributed by atoms with Crippen LogP contribution in [0.25, 0.3) is 0 Å². The van der Waals surface area contributed by atoms with E-state index in [2.05, 4.69) is 0 Å². The van der Waals surface area contributed by atoms with E-state index in [4.69, 9.17) is 4.74 Å². The average Bonchev–Trinajstić information content (AvgIpc) is 2.57. The van der Waals surface area contributed by atoms with Crippen molar-refractivity contribution in [2.75, 3.05) is 0 Å². The van der Waals surface area contributed by atoms with Gasteiger partial charge in [-0.05, 0) is 43.9 Å². The van der Waals surface area contributed by atoms with Crippen molar-refractivity contribution in [2.45, 2.75) is 57.7 Å². The number of Topliss-reactive ketones (excluding diaryl/α,β-unsaturated/α-hetero) is 1. The normalized spacial score (nSPS) is 23.7. The number of hydrogen-bond acceptors (Lipinski definition) is 3. The number of aliphatic hydroxyl groups is 1. The third-order valence-electron chi connectivity index (χ3n) is 3.58. The van der Waals surface area contributed by atoms with Crippen molar-refractivity contribution >= 4 is 5.78 Å². The molecule has 3 heteroatoms. The molecule has 0 heterocycles. The van der Waals surface area contributed by atoms with Crippen molar-refractivity contribution < 1.29 is 14.6 Å². The van der Waals surface area contributed by atoms with Gasteiger partial charge in [0.15, 0.2) is 0 Å². The Morgan fingerprint density at radius 2 is 1.89 bits per heavy atom. The van der Waals surface area contributed by atoms with E-state index in [1.165, 1.54) is 6.42 Å². The summed E-state index contributed by atoms with van der Waals surface area (Å²) < 4.78 is 5.87. The van der Waals surface area contributed by atoms with Crippen LogP contribution in [0.5, 0.6) is 5.75 Å². The van der Waals surface area contributed by atoms with Crippen molar-refractivity contribution in [3.8, 4) is 5.75 Å². The van der Waals surface area contributed by atoms with Gasteiger partial charge in [-0.25, -0.2) is 0 Å². The average molecular weight is 262 g/mol. The first-order chi connectivity index (χ1) is 9.15. The maximum absolute atomic E-state index is 11.0. The lowest BCUT2D eigenvalue weighted by molar-refractivity contribution is -0.116. The Kier molecular flexibility index (Phi) is 4.97. The highest BCUT2D eigenvalue weighted by molar-refractivity contribution is 5.78. The molecule has 0 bridgehead atoms. The monoisotopic (exact) mass is 262 g/mol. The summed E-state index contributed by atoms with van der Waals surface area (Å²) in [5, 5.41) is 10.0. The molecule has 1 saturated carbocycles. The summed E-state index contributed by atoms with van der Waals surface area (Å²) in [6.45, 7) is 1.59. The first-order valence-corrected chi connectivity index (χ1v) is 7.08. The van der Waals surface area contributed by atoms with Gasteiger partial charge in [-0.2, -0.15) is 0 Å². The molecule has 2 rings (SSSR count). The minimum atomic E-state index is -0.362. The summed E-state index contributed by atoms with van der Waals surface area (Å²) >= 11 is 0. The van der Waals surface area contributed by atoms with Crippen molar-refractivity contribution in [3.63, 3.8) is 0 Å². The fraction of sp³-hybridized carbons (Fsp3) is 0.562. The number of hydrogen-bond donors (Lipinski definition) is 1. The minimum Gasteiger partial charge on any atom is -0.488 e.